The van der Waals surface area contributed by atoms with E-state index in [9.17, 15) is 0 Å². The summed E-state index contributed by atoms with van der Waals surface area (Å²) >= 11 is 18.3. The lowest BCUT2D eigenvalue weighted by Crippen LogP contribution is -2.37. The van der Waals surface area contributed by atoms with Gasteiger partial charge in [0.25, 0.3) is 0 Å². The summed E-state index contributed by atoms with van der Waals surface area (Å²) in [4.78, 5) is 6.29. The number of likely N-dealkylation sites (N-methyl/N-ethyl adjacent to an activating group) is 1. The SMILES string of the molecule is CCN1C(Nc2c(Cl)cccc2Cl)=NCC1Cl. The lowest BCUT2D eigenvalue weighted by atomic mass is 10.3. The van der Waals surface area contributed by atoms with Crippen LogP contribution in [0.3, 0.4) is 0 Å². The fourth-order valence-electron chi connectivity index (χ4n) is 1.67. The summed E-state index contributed by atoms with van der Waals surface area (Å²) in [6, 6.07) is 5.35. The number of alkyl halides is 1. The van der Waals surface area contributed by atoms with Gasteiger partial charge in [0.15, 0.2) is 5.96 Å². The molecule has 0 amide bonds. The van der Waals surface area contributed by atoms with Crippen molar-refractivity contribution in [3.05, 3.63) is 28.2 Å². The lowest BCUT2D eigenvalue weighted by Gasteiger charge is -2.23. The second-order valence-corrected chi connectivity index (χ2v) is 4.92. The highest BCUT2D eigenvalue weighted by Gasteiger charge is 2.25. The zero-order chi connectivity index (χ0) is 12.4. The Morgan fingerprint density at radius 1 is 1.41 bits per heavy atom. The number of aliphatic imine (C=N–C) groups is 1. The Balaban J connectivity index is 2.22. The van der Waals surface area contributed by atoms with Crippen LogP contribution in [0.2, 0.25) is 10.0 Å². The van der Waals surface area contributed by atoms with Gasteiger partial charge in [0.05, 0.1) is 22.3 Å². The van der Waals surface area contributed by atoms with Crippen LogP contribution in [0.25, 0.3) is 0 Å². The van der Waals surface area contributed by atoms with Crippen LogP contribution in [0, 0.1) is 0 Å². The number of halogens is 3. The van der Waals surface area contributed by atoms with Gasteiger partial charge in [-0.05, 0) is 19.1 Å². The van der Waals surface area contributed by atoms with E-state index in [-0.39, 0.29) is 5.50 Å². The number of nitrogens with zero attached hydrogens (tertiary/aromatic N) is 2. The standard InChI is InChI=1S/C11H12Cl3N3/c1-2-17-9(14)6-15-11(17)16-10-7(12)4-3-5-8(10)13/h3-5,9H,2,6H2,1H3,(H,15,16). The minimum atomic E-state index is -0.108. The van der Waals surface area contributed by atoms with E-state index in [1.165, 1.54) is 0 Å². The van der Waals surface area contributed by atoms with E-state index in [2.05, 4.69) is 10.3 Å². The second-order valence-electron chi connectivity index (χ2n) is 3.61. The van der Waals surface area contributed by atoms with Gasteiger partial charge >= 0.3 is 0 Å². The molecule has 1 heterocycles. The third-order valence-electron chi connectivity index (χ3n) is 2.54. The van der Waals surface area contributed by atoms with E-state index >= 15 is 0 Å². The summed E-state index contributed by atoms with van der Waals surface area (Å²) in [6.45, 7) is 3.37. The van der Waals surface area contributed by atoms with Crippen LogP contribution in [0.4, 0.5) is 5.69 Å². The molecule has 3 nitrogen and oxygen atoms in total. The van der Waals surface area contributed by atoms with E-state index in [1.807, 2.05) is 11.8 Å². The van der Waals surface area contributed by atoms with Crippen molar-refractivity contribution in [2.45, 2.75) is 12.4 Å². The molecule has 0 saturated carbocycles. The molecule has 1 aliphatic heterocycles. The molecule has 0 radical (unpaired) electrons. The normalized spacial score (nSPS) is 19.4. The molecule has 0 spiro atoms. The molecule has 92 valence electrons. The van der Waals surface area contributed by atoms with Gasteiger partial charge in [0.1, 0.15) is 5.50 Å². The first-order valence-electron chi connectivity index (χ1n) is 5.29. The van der Waals surface area contributed by atoms with Crippen molar-refractivity contribution in [2.75, 3.05) is 18.4 Å². The zero-order valence-corrected chi connectivity index (χ0v) is 11.5. The van der Waals surface area contributed by atoms with Crippen LogP contribution in [0.15, 0.2) is 23.2 Å². The number of guanidine groups is 1. The van der Waals surface area contributed by atoms with Crippen LogP contribution in [0.5, 0.6) is 0 Å². The van der Waals surface area contributed by atoms with Crippen LogP contribution in [-0.4, -0.2) is 29.4 Å². The van der Waals surface area contributed by atoms with E-state index in [4.69, 9.17) is 34.8 Å². The van der Waals surface area contributed by atoms with Gasteiger partial charge < -0.3 is 10.2 Å². The third kappa shape index (κ3) is 2.62. The van der Waals surface area contributed by atoms with Crippen molar-refractivity contribution in [1.82, 2.24) is 4.90 Å². The maximum atomic E-state index is 6.12. The van der Waals surface area contributed by atoms with Crippen LogP contribution >= 0.6 is 34.8 Å². The number of hydrogen-bond acceptors (Lipinski definition) is 3. The van der Waals surface area contributed by atoms with Gasteiger partial charge in [-0.1, -0.05) is 40.9 Å². The fourth-order valence-corrected chi connectivity index (χ4v) is 2.46. The summed E-state index contributed by atoms with van der Waals surface area (Å²) in [5.41, 5.74) is 0.558. The number of hydrogen-bond donors (Lipinski definition) is 1. The van der Waals surface area contributed by atoms with Crippen LogP contribution in [-0.2, 0) is 0 Å². The number of para-hydroxylation sites is 1. The van der Waals surface area contributed by atoms with Crippen molar-refractivity contribution >= 4 is 46.4 Å². The van der Waals surface area contributed by atoms with Crippen molar-refractivity contribution in [1.29, 1.82) is 0 Å². The minimum Gasteiger partial charge on any atom is -0.325 e. The smallest absolute Gasteiger partial charge is 0.199 e. The van der Waals surface area contributed by atoms with Gasteiger partial charge in [-0.15, -0.1) is 0 Å². The number of nitrogens with one attached hydrogen (secondary N) is 1. The average Bonchev–Trinajstić information content (AvgIpc) is 2.64. The molecule has 2 rings (SSSR count). The highest BCUT2D eigenvalue weighted by molar-refractivity contribution is 6.39. The highest BCUT2D eigenvalue weighted by Crippen LogP contribution is 2.30. The molecule has 0 aromatic heterocycles. The molecule has 0 bridgehead atoms. The van der Waals surface area contributed by atoms with Crippen molar-refractivity contribution in [3.8, 4) is 0 Å². The summed E-state index contributed by atoms with van der Waals surface area (Å²) in [5.74, 6) is 0.711. The van der Waals surface area contributed by atoms with E-state index in [1.54, 1.807) is 18.2 Å². The first-order chi connectivity index (χ1) is 8.13. The summed E-state index contributed by atoms with van der Waals surface area (Å²) < 4.78 is 0. The maximum absolute atomic E-state index is 6.12. The maximum Gasteiger partial charge on any atom is 0.199 e. The first kappa shape index (κ1) is 12.8. The molecule has 17 heavy (non-hydrogen) atoms. The van der Waals surface area contributed by atoms with Gasteiger partial charge in [-0.2, -0.15) is 0 Å². The molecule has 0 saturated heterocycles. The molecular weight excluding hydrogens is 281 g/mol. The quantitative estimate of drug-likeness (QED) is 0.665. The van der Waals surface area contributed by atoms with Gasteiger partial charge in [0, 0.05) is 6.54 Å². The molecule has 1 N–H and O–H groups in total. The van der Waals surface area contributed by atoms with Crippen LogP contribution in [0.1, 0.15) is 6.92 Å². The van der Waals surface area contributed by atoms with E-state index in [0.717, 1.165) is 6.54 Å². The number of rotatable bonds is 2. The number of anilines is 1. The Labute approximate surface area is 115 Å². The van der Waals surface area contributed by atoms with Gasteiger partial charge in [0.2, 0.25) is 0 Å². The largest absolute Gasteiger partial charge is 0.325 e. The average molecular weight is 293 g/mol. The van der Waals surface area contributed by atoms with Crippen molar-refractivity contribution in [3.63, 3.8) is 0 Å². The predicted molar refractivity (Wildman–Crippen MR) is 74.4 cm³/mol. The summed E-state index contributed by atoms with van der Waals surface area (Å²) in [5, 5.41) is 4.26. The molecule has 0 aliphatic carbocycles. The second kappa shape index (κ2) is 5.34. The summed E-state index contributed by atoms with van der Waals surface area (Å²) in [6.07, 6.45) is 0. The third-order valence-corrected chi connectivity index (χ3v) is 3.55. The minimum absolute atomic E-state index is 0.108. The Morgan fingerprint density at radius 2 is 2.06 bits per heavy atom. The van der Waals surface area contributed by atoms with Crippen molar-refractivity contribution in [2.24, 2.45) is 4.99 Å². The molecule has 1 aromatic rings. The lowest BCUT2D eigenvalue weighted by molar-refractivity contribution is 0.444. The predicted octanol–water partition coefficient (Wildman–Crippen LogP) is 3.66. The zero-order valence-electron chi connectivity index (χ0n) is 9.25. The highest BCUT2D eigenvalue weighted by atomic mass is 35.5. The molecule has 1 aliphatic rings. The number of benzene rings is 1. The molecular formula is C11H12Cl3N3. The molecule has 1 unspecified atom stereocenters. The van der Waals surface area contributed by atoms with E-state index in [0.29, 0.717) is 28.2 Å². The first-order valence-corrected chi connectivity index (χ1v) is 6.49. The van der Waals surface area contributed by atoms with Crippen molar-refractivity contribution < 1.29 is 0 Å². The molecule has 6 heteroatoms. The monoisotopic (exact) mass is 291 g/mol. The Bertz CT molecular complexity index is 427. The Morgan fingerprint density at radius 3 is 2.65 bits per heavy atom. The van der Waals surface area contributed by atoms with Gasteiger partial charge in [-0.3, -0.25) is 0 Å². The molecule has 1 aromatic carbocycles. The topological polar surface area (TPSA) is 27.6 Å². The summed E-state index contributed by atoms with van der Waals surface area (Å²) in [7, 11) is 0. The molecule has 0 fully saturated rings. The Kier molecular flexibility index (Phi) is 4.02. The Hall–Kier alpha value is -0.640. The van der Waals surface area contributed by atoms with Crippen LogP contribution < -0.4 is 5.32 Å². The van der Waals surface area contributed by atoms with Gasteiger partial charge in [-0.25, -0.2) is 4.99 Å². The van der Waals surface area contributed by atoms with E-state index < -0.39 is 0 Å². The fraction of sp³-hybridized carbons (Fsp3) is 0.364. The molecule has 1 atom stereocenters.